The van der Waals surface area contributed by atoms with Crippen LogP contribution >= 0.6 is 11.3 Å². The van der Waals surface area contributed by atoms with Gasteiger partial charge in [-0.1, -0.05) is 11.3 Å². The van der Waals surface area contributed by atoms with E-state index in [1.807, 2.05) is 0 Å². The number of rotatable bonds is 4. The molecule has 6 heteroatoms. The highest BCUT2D eigenvalue weighted by atomic mass is 32.1. The fourth-order valence-electron chi connectivity index (χ4n) is 1.54. The van der Waals surface area contributed by atoms with E-state index < -0.39 is 6.85 Å². The van der Waals surface area contributed by atoms with Crippen molar-refractivity contribution in [3.8, 4) is 0 Å². The summed E-state index contributed by atoms with van der Waals surface area (Å²) in [5.74, 6) is 0.797. The van der Waals surface area contributed by atoms with E-state index in [2.05, 4.69) is 9.97 Å². The van der Waals surface area contributed by atoms with Gasteiger partial charge in [-0.05, 0) is 6.92 Å². The van der Waals surface area contributed by atoms with Crippen LogP contribution < -0.4 is 10.3 Å². The van der Waals surface area contributed by atoms with Crippen molar-refractivity contribution in [3.63, 3.8) is 0 Å². The Morgan fingerprint density at radius 2 is 2.50 bits per heavy atom. The molecule has 2 aromatic rings. The number of aryl methyl sites for hydroxylation is 1. The topological polar surface area (TPSA) is 75.9 Å². The first-order chi connectivity index (χ1) is 10.2. The molecule has 2 aromatic heterocycles. The highest BCUT2D eigenvalue weighted by molar-refractivity contribution is 7.09. The van der Waals surface area contributed by atoms with Crippen LogP contribution in [0.4, 0.5) is 5.82 Å². The van der Waals surface area contributed by atoms with E-state index in [4.69, 9.17) is 16.3 Å². The number of nitrogen functional groups attached to an aromatic ring is 1. The molecule has 3 N–H and O–H groups in total. The molecule has 0 saturated heterocycles. The predicted octanol–water partition coefficient (Wildman–Crippen LogP) is 0.608. The van der Waals surface area contributed by atoms with Crippen molar-refractivity contribution in [1.29, 1.82) is 0 Å². The maximum Gasteiger partial charge on any atom is 0.225 e. The molecule has 0 unspecified atom stereocenters. The van der Waals surface area contributed by atoms with E-state index in [0.29, 0.717) is 16.3 Å². The van der Waals surface area contributed by atoms with Gasteiger partial charge in [0.15, 0.2) is 13.6 Å². The summed E-state index contributed by atoms with van der Waals surface area (Å²) < 4.78 is 32.5. The first-order valence-electron chi connectivity index (χ1n) is 7.45. The summed E-state index contributed by atoms with van der Waals surface area (Å²) in [6, 6.07) is 0. The summed E-state index contributed by atoms with van der Waals surface area (Å²) in [5.41, 5.74) is 6.56. The number of thiazole rings is 1. The third-order valence-corrected chi connectivity index (χ3v) is 3.45. The number of aromatic nitrogens is 3. The third-order valence-electron chi connectivity index (χ3n) is 2.50. The van der Waals surface area contributed by atoms with E-state index in [0.717, 1.165) is 11.3 Å². The Kier molecular flexibility index (Phi) is 2.57. The van der Waals surface area contributed by atoms with Crippen LogP contribution in [0, 0.1) is 13.8 Å². The molecule has 2 rings (SSSR count). The molecular weight excluding hydrogens is 248 g/mol. The minimum absolute atomic E-state index is 0.0662. The zero-order chi connectivity index (χ0) is 16.5. The monoisotopic (exact) mass is 269 g/mol. The second-order valence-corrected chi connectivity index (χ2v) is 4.73. The first kappa shape index (κ1) is 8.55. The van der Waals surface area contributed by atoms with Crippen LogP contribution in [0.5, 0.6) is 0 Å². The summed E-state index contributed by atoms with van der Waals surface area (Å²) in [7, 11) is 0. The highest BCUT2D eigenvalue weighted by Crippen LogP contribution is 2.13. The van der Waals surface area contributed by atoms with Crippen molar-refractivity contribution in [2.24, 2.45) is 0 Å². The summed E-state index contributed by atoms with van der Waals surface area (Å²) >= 11 is 1.05. The Balaban J connectivity index is 2.50. The fourth-order valence-corrected chi connectivity index (χ4v) is 2.32. The largest absolute Gasteiger partial charge is 0.396 e. The number of hydrogen-bond donors (Lipinski definition) is 2. The Morgan fingerprint density at radius 1 is 1.67 bits per heavy atom. The van der Waals surface area contributed by atoms with Gasteiger partial charge in [0.2, 0.25) is 5.49 Å². The molecule has 0 aromatic carbocycles. The normalized spacial score (nSPS) is 14.8. The smallest absolute Gasteiger partial charge is 0.225 e. The van der Waals surface area contributed by atoms with E-state index >= 15 is 0 Å². The zero-order valence-corrected chi connectivity index (χ0v) is 10.8. The number of nitrogens with zero attached hydrogens (tertiary/aromatic N) is 3. The van der Waals surface area contributed by atoms with E-state index in [1.165, 1.54) is 10.8 Å². The standard InChI is InChI=1S/C12H17N4OS/c1-8-11(3-4-17)18-7-16(8)6-10-5-14-9(2)15-12(10)13/h5,7,17H,3-4,6H2,1-2H3,(H2,13,14,15)/q+1/i1D3,7D. The average Bonchev–Trinajstić information content (AvgIpc) is 2.69. The Hall–Kier alpha value is -1.53. The molecule has 0 aliphatic heterocycles. The molecule has 0 radical (unpaired) electrons. The van der Waals surface area contributed by atoms with Gasteiger partial charge in [-0.2, -0.15) is 4.57 Å². The number of nitrogens with two attached hydrogens (primary N) is 1. The maximum absolute atomic E-state index is 9.09. The van der Waals surface area contributed by atoms with Gasteiger partial charge in [0, 0.05) is 30.2 Å². The molecule has 0 aliphatic rings. The Morgan fingerprint density at radius 3 is 3.17 bits per heavy atom. The van der Waals surface area contributed by atoms with Crippen LogP contribution in [0.2, 0.25) is 0 Å². The number of aliphatic hydroxyl groups excluding tert-OH is 1. The number of anilines is 1. The Bertz CT molecular complexity index is 686. The molecule has 0 spiro atoms. The van der Waals surface area contributed by atoms with Gasteiger partial charge >= 0.3 is 0 Å². The molecule has 0 amide bonds. The quantitative estimate of drug-likeness (QED) is 0.797. The lowest BCUT2D eigenvalue weighted by Crippen LogP contribution is -2.35. The molecule has 5 nitrogen and oxygen atoms in total. The molecule has 0 bridgehead atoms. The summed E-state index contributed by atoms with van der Waals surface area (Å²) in [6.45, 7) is -0.721. The Labute approximate surface area is 116 Å². The van der Waals surface area contributed by atoms with Gasteiger partial charge in [-0.25, -0.2) is 9.97 Å². The SMILES string of the molecule is [2H]c1sc(CCO)c(C([2H])([2H])[2H])[n+]1Cc1cnc(C)nc1N. The van der Waals surface area contributed by atoms with Crippen LogP contribution in [0.1, 0.15) is 27.4 Å². The van der Waals surface area contributed by atoms with Crippen LogP contribution in [0.25, 0.3) is 0 Å². The molecule has 18 heavy (non-hydrogen) atoms. The van der Waals surface area contributed by atoms with Crippen molar-refractivity contribution < 1.29 is 15.2 Å². The van der Waals surface area contributed by atoms with Crippen molar-refractivity contribution in [2.75, 3.05) is 12.3 Å². The molecular formula is C12H17N4OS+. The molecule has 0 atom stereocenters. The first-order valence-corrected chi connectivity index (χ1v) is 6.27. The van der Waals surface area contributed by atoms with E-state index in [1.54, 1.807) is 6.92 Å². The zero-order valence-electron chi connectivity index (χ0n) is 14.0. The summed E-state index contributed by atoms with van der Waals surface area (Å²) in [4.78, 5) is 8.59. The van der Waals surface area contributed by atoms with Gasteiger partial charge in [-0.15, -0.1) is 0 Å². The van der Waals surface area contributed by atoms with Gasteiger partial charge in [-0.3, -0.25) is 0 Å². The van der Waals surface area contributed by atoms with Crippen molar-refractivity contribution >= 4 is 17.2 Å². The number of aliphatic hydroxyl groups is 1. The van der Waals surface area contributed by atoms with Crippen molar-refractivity contribution in [2.45, 2.75) is 26.7 Å². The van der Waals surface area contributed by atoms with Gasteiger partial charge in [0.05, 0.1) is 10.4 Å². The fraction of sp³-hybridized carbons (Fsp3) is 0.417. The van der Waals surface area contributed by atoms with Crippen molar-refractivity contribution in [1.82, 2.24) is 9.97 Å². The lowest BCUT2D eigenvalue weighted by atomic mass is 10.2. The highest BCUT2D eigenvalue weighted by Gasteiger charge is 2.16. The van der Waals surface area contributed by atoms with Crippen LogP contribution in [0.3, 0.4) is 0 Å². The van der Waals surface area contributed by atoms with Crippen LogP contribution in [0.15, 0.2) is 11.7 Å². The molecule has 0 fully saturated rings. The third kappa shape index (κ3) is 2.65. The van der Waals surface area contributed by atoms with Crippen LogP contribution in [-0.2, 0) is 13.0 Å². The molecule has 2 heterocycles. The second-order valence-electron chi connectivity index (χ2n) is 3.85. The van der Waals surface area contributed by atoms with Gasteiger partial charge in [0.25, 0.3) is 0 Å². The lowest BCUT2D eigenvalue weighted by molar-refractivity contribution is -0.689. The van der Waals surface area contributed by atoms with Gasteiger partial charge < -0.3 is 10.8 Å². The summed E-state index contributed by atoms with van der Waals surface area (Å²) in [6.07, 6.45) is 1.74. The lowest BCUT2D eigenvalue weighted by Gasteiger charge is -2.01. The molecule has 0 saturated carbocycles. The maximum atomic E-state index is 9.09. The molecule has 0 aliphatic carbocycles. The minimum atomic E-state index is -2.37. The van der Waals surface area contributed by atoms with E-state index in [-0.39, 0.29) is 36.6 Å². The second kappa shape index (κ2) is 5.41. The van der Waals surface area contributed by atoms with Gasteiger partial charge in [0.1, 0.15) is 11.6 Å². The summed E-state index contributed by atoms with van der Waals surface area (Å²) in [5, 5.41) is 9.09. The number of hydrogen-bond acceptors (Lipinski definition) is 5. The molecule has 96 valence electrons. The minimum Gasteiger partial charge on any atom is -0.396 e. The average molecular weight is 269 g/mol. The predicted molar refractivity (Wildman–Crippen MR) is 70.3 cm³/mol. The van der Waals surface area contributed by atoms with Crippen LogP contribution in [-0.4, -0.2) is 21.7 Å². The van der Waals surface area contributed by atoms with E-state index in [9.17, 15) is 0 Å². The van der Waals surface area contributed by atoms with Crippen molar-refractivity contribution in [3.05, 3.63) is 33.6 Å².